The number of nitrogens with zero attached hydrogens (tertiary/aromatic N) is 4. The molecule has 1 aliphatic rings. The molecule has 0 aromatic carbocycles. The highest BCUT2D eigenvalue weighted by Gasteiger charge is 2.43. The number of hydrogen-bond acceptors (Lipinski definition) is 7. The van der Waals surface area contributed by atoms with E-state index in [1.54, 1.807) is 0 Å². The Kier molecular flexibility index (Phi) is 3.54. The lowest BCUT2D eigenvalue weighted by Crippen LogP contribution is -2.33. The van der Waals surface area contributed by atoms with Crippen LogP contribution in [0.3, 0.4) is 0 Å². The van der Waals surface area contributed by atoms with Crippen LogP contribution in [0.15, 0.2) is 12.7 Å². The summed E-state index contributed by atoms with van der Waals surface area (Å²) in [6.45, 7) is -3.04. The predicted molar refractivity (Wildman–Crippen MR) is 80.8 cm³/mol. The van der Waals surface area contributed by atoms with Crippen molar-refractivity contribution >= 4 is 35.1 Å². The third kappa shape index (κ3) is 2.46. The average Bonchev–Trinajstić information content (AvgIpc) is 3.01. The number of aliphatic hydroxyl groups excluding tert-OH is 3. The fourth-order valence-corrected chi connectivity index (χ4v) is 2.23. The molecule has 0 saturated carbocycles. The Hall–Kier alpha value is -1.08. The van der Waals surface area contributed by atoms with Gasteiger partial charge in [0, 0.05) is 11.1 Å². The smallest absolute Gasteiger partial charge is 0.167 e. The summed E-state index contributed by atoms with van der Waals surface area (Å²) in [5, 5.41) is 36.9. The largest absolute Gasteiger partial charge is 0.394 e. The zero-order valence-electron chi connectivity index (χ0n) is 13.6. The maximum Gasteiger partial charge on any atom is 0.167 e. The van der Waals surface area contributed by atoms with Crippen molar-refractivity contribution in [1.29, 1.82) is 5.41 Å². The highest BCUT2D eigenvalue weighted by atomic mass is 127. The number of fused-ring (bicyclic) bond motifs is 1. The molecule has 116 valence electrons. The number of aromatic nitrogens is 4. The van der Waals surface area contributed by atoms with Gasteiger partial charge in [0.15, 0.2) is 17.4 Å². The third-order valence-corrected chi connectivity index (χ3v) is 3.32. The quantitative estimate of drug-likeness (QED) is 0.444. The van der Waals surface area contributed by atoms with Crippen molar-refractivity contribution in [3.63, 3.8) is 0 Å². The second-order valence-electron chi connectivity index (χ2n) is 4.52. The highest BCUT2D eigenvalue weighted by Crippen LogP contribution is 2.30. The molecule has 3 heterocycles. The van der Waals surface area contributed by atoms with Crippen molar-refractivity contribution in [2.45, 2.75) is 24.5 Å². The molecule has 2 aromatic heterocycles. The van der Waals surface area contributed by atoms with Gasteiger partial charge in [-0.2, -0.15) is 0 Å². The third-order valence-electron chi connectivity index (χ3n) is 3.32. The van der Waals surface area contributed by atoms with Crippen LogP contribution in [0.5, 0.6) is 0 Å². The zero-order valence-corrected chi connectivity index (χ0v) is 12.9. The van der Waals surface area contributed by atoms with Crippen LogP contribution in [0, 0.1) is 5.41 Å². The Bertz CT molecular complexity index is 794. The summed E-state index contributed by atoms with van der Waals surface area (Å²) < 4.78 is 29.4. The lowest BCUT2D eigenvalue weighted by Gasteiger charge is -2.16. The number of ether oxygens (including phenoxy) is 1. The molecule has 0 radical (unpaired) electrons. The predicted octanol–water partition coefficient (Wildman–Crippen LogP) is -1.52. The van der Waals surface area contributed by atoms with E-state index in [1.807, 2.05) is 0 Å². The SMILES string of the molecule is I.[2H]C([2H])([2H])n1cnc2c(ncn2[C@@H]2O[C@H](CO)[C@@H](O)[C@H]2O)c1=N. The molecule has 2 aromatic rings. The minimum atomic E-state index is -2.57. The molecule has 0 spiro atoms. The first kappa shape index (κ1) is 12.5. The summed E-state index contributed by atoms with van der Waals surface area (Å²) in [6, 6.07) is 0. The minimum absolute atomic E-state index is 0. The molecule has 0 amide bonds. The van der Waals surface area contributed by atoms with E-state index in [0.717, 1.165) is 6.33 Å². The van der Waals surface area contributed by atoms with Crippen LogP contribution in [0.1, 0.15) is 10.3 Å². The monoisotopic (exact) mass is 412 g/mol. The van der Waals surface area contributed by atoms with Crippen LogP contribution >= 0.6 is 24.0 Å². The molecule has 9 nitrogen and oxygen atoms in total. The number of hydrogen-bond donors (Lipinski definition) is 4. The van der Waals surface area contributed by atoms with Crippen LogP contribution in [0.25, 0.3) is 11.2 Å². The van der Waals surface area contributed by atoms with Gasteiger partial charge >= 0.3 is 0 Å². The van der Waals surface area contributed by atoms with E-state index in [1.165, 1.54) is 10.9 Å². The summed E-state index contributed by atoms with van der Waals surface area (Å²) in [6.07, 6.45) is -2.40. The molecule has 4 N–H and O–H groups in total. The summed E-state index contributed by atoms with van der Waals surface area (Å²) in [7, 11) is 0. The Morgan fingerprint density at radius 2 is 2.14 bits per heavy atom. The van der Waals surface area contributed by atoms with Gasteiger partial charge in [0.05, 0.1) is 19.3 Å². The van der Waals surface area contributed by atoms with Gasteiger partial charge in [-0.3, -0.25) is 9.98 Å². The Balaban J connectivity index is 0.00000208. The van der Waals surface area contributed by atoms with E-state index in [9.17, 15) is 10.2 Å². The molecule has 3 rings (SSSR count). The lowest BCUT2D eigenvalue weighted by molar-refractivity contribution is -0.0511. The van der Waals surface area contributed by atoms with Gasteiger partial charge in [0.1, 0.15) is 23.8 Å². The molecule has 0 aliphatic carbocycles. The average molecular weight is 412 g/mol. The lowest BCUT2D eigenvalue weighted by atomic mass is 10.1. The van der Waals surface area contributed by atoms with Gasteiger partial charge in [-0.15, -0.1) is 24.0 Å². The number of aryl methyl sites for hydroxylation is 1. The minimum Gasteiger partial charge on any atom is -0.394 e. The van der Waals surface area contributed by atoms with E-state index in [4.69, 9.17) is 19.4 Å². The number of aliphatic hydroxyl groups is 3. The second kappa shape index (κ2) is 5.96. The van der Waals surface area contributed by atoms with E-state index >= 15 is 0 Å². The van der Waals surface area contributed by atoms with Crippen LogP contribution in [-0.4, -0.2) is 59.3 Å². The molecule has 0 bridgehead atoms. The van der Waals surface area contributed by atoms with Gasteiger partial charge in [0.2, 0.25) is 0 Å². The molecule has 21 heavy (non-hydrogen) atoms. The molecular weight excluding hydrogens is 393 g/mol. The van der Waals surface area contributed by atoms with Crippen LogP contribution in [0.4, 0.5) is 0 Å². The zero-order chi connectivity index (χ0) is 16.9. The van der Waals surface area contributed by atoms with Crippen molar-refractivity contribution in [2.75, 3.05) is 6.61 Å². The second-order valence-corrected chi connectivity index (χ2v) is 4.52. The number of rotatable bonds is 2. The Morgan fingerprint density at radius 3 is 2.76 bits per heavy atom. The van der Waals surface area contributed by atoms with Gasteiger partial charge in [-0.25, -0.2) is 9.97 Å². The Morgan fingerprint density at radius 1 is 1.38 bits per heavy atom. The standard InChI is InChI=1S/C11H15N5O4.HI/c1-15-3-14-10-6(9(15)12)13-4-16(10)11-8(19)7(18)5(2-17)20-11;/h3-5,7-8,11-12,17-19H,2H2,1H3;1H/t5-,7-,8-,11-;/m1./s1/i1D3;. The number of halogens is 1. The molecule has 10 heteroatoms. The maximum atomic E-state index is 10.0. The van der Waals surface area contributed by atoms with Crippen molar-refractivity contribution in [3.05, 3.63) is 18.1 Å². The van der Waals surface area contributed by atoms with E-state index in [2.05, 4.69) is 9.97 Å². The summed E-state index contributed by atoms with van der Waals surface area (Å²) in [4.78, 5) is 7.93. The first-order valence-electron chi connectivity index (χ1n) is 7.37. The molecule has 1 fully saturated rings. The van der Waals surface area contributed by atoms with E-state index in [0.29, 0.717) is 4.57 Å². The van der Waals surface area contributed by atoms with Crippen molar-refractivity contribution in [2.24, 2.45) is 6.98 Å². The van der Waals surface area contributed by atoms with Crippen LogP contribution in [-0.2, 0) is 11.7 Å². The summed E-state index contributed by atoms with van der Waals surface area (Å²) in [5.41, 5.74) is -0.216. The molecule has 4 atom stereocenters. The van der Waals surface area contributed by atoms with Gasteiger partial charge in [-0.1, -0.05) is 0 Å². The van der Waals surface area contributed by atoms with Crippen LogP contribution < -0.4 is 5.49 Å². The summed E-state index contributed by atoms with van der Waals surface area (Å²) >= 11 is 0. The normalized spacial score (nSPS) is 31.5. The Labute approximate surface area is 140 Å². The van der Waals surface area contributed by atoms with Crippen molar-refractivity contribution in [3.8, 4) is 0 Å². The number of nitrogens with one attached hydrogen (secondary N) is 1. The van der Waals surface area contributed by atoms with Crippen LogP contribution in [0.2, 0.25) is 0 Å². The molecule has 1 saturated heterocycles. The fourth-order valence-electron chi connectivity index (χ4n) is 2.23. The van der Waals surface area contributed by atoms with Gasteiger partial charge in [-0.05, 0) is 0 Å². The number of imidazole rings is 1. The topological polar surface area (TPSA) is 129 Å². The fraction of sp³-hybridized carbons (Fsp3) is 0.545. The summed E-state index contributed by atoms with van der Waals surface area (Å²) in [5.74, 6) is 0. The first-order chi connectivity index (χ1) is 10.8. The van der Waals surface area contributed by atoms with Gasteiger partial charge < -0.3 is 24.6 Å². The van der Waals surface area contributed by atoms with Gasteiger partial charge in [0.25, 0.3) is 0 Å². The molecular formula is C11H16IN5O4. The maximum absolute atomic E-state index is 10.0. The van der Waals surface area contributed by atoms with E-state index < -0.39 is 38.1 Å². The van der Waals surface area contributed by atoms with Crippen molar-refractivity contribution in [1.82, 2.24) is 19.1 Å². The first-order valence-corrected chi connectivity index (χ1v) is 5.87. The molecule has 0 unspecified atom stereocenters. The highest BCUT2D eigenvalue weighted by molar-refractivity contribution is 14.0. The molecule has 1 aliphatic heterocycles. The van der Waals surface area contributed by atoms with Crippen molar-refractivity contribution < 1.29 is 24.2 Å². The van der Waals surface area contributed by atoms with E-state index in [-0.39, 0.29) is 40.6 Å².